The van der Waals surface area contributed by atoms with Crippen molar-refractivity contribution in [2.24, 2.45) is 0 Å². The van der Waals surface area contributed by atoms with E-state index >= 15 is 0 Å². The maximum atomic E-state index is 13.0. The van der Waals surface area contributed by atoms with Gasteiger partial charge in [0.05, 0.1) is 23.0 Å². The number of likely N-dealkylation sites (N-methyl/N-ethyl adjacent to an activating group) is 1. The van der Waals surface area contributed by atoms with Crippen LogP contribution in [0.3, 0.4) is 0 Å². The number of benzene rings is 1. The standard InChI is InChI=1S/C16H19N5O2S2.ClH/c1-10-14(25-19-18-10)15(22)21(8-7-20(2)3)16-17-12-6-5-11(23-4)9-13(12)24-16;/h5-6,9H,7-8H2,1-4H3;1H. The first-order valence-corrected chi connectivity index (χ1v) is 9.28. The van der Waals surface area contributed by atoms with Gasteiger partial charge in [0.15, 0.2) is 5.13 Å². The number of anilines is 1. The predicted octanol–water partition coefficient (Wildman–Crippen LogP) is 3.10. The smallest absolute Gasteiger partial charge is 0.273 e. The molecule has 0 radical (unpaired) electrons. The second-order valence-corrected chi connectivity index (χ2v) is 7.54. The van der Waals surface area contributed by atoms with Crippen LogP contribution in [0.2, 0.25) is 0 Å². The third-order valence-corrected chi connectivity index (χ3v) is 5.53. The highest BCUT2D eigenvalue weighted by Gasteiger charge is 2.25. The van der Waals surface area contributed by atoms with Gasteiger partial charge in [0.25, 0.3) is 5.91 Å². The Labute approximate surface area is 166 Å². The van der Waals surface area contributed by atoms with Crippen molar-refractivity contribution in [3.63, 3.8) is 0 Å². The molecule has 0 saturated heterocycles. The molecule has 1 amide bonds. The number of halogens is 1. The number of carbonyl (C=O) groups is 1. The fourth-order valence-electron chi connectivity index (χ4n) is 2.27. The number of rotatable bonds is 6. The number of thiazole rings is 1. The molecule has 0 spiro atoms. The van der Waals surface area contributed by atoms with E-state index in [1.165, 1.54) is 11.3 Å². The van der Waals surface area contributed by atoms with Crippen molar-refractivity contribution in [2.75, 3.05) is 39.2 Å². The number of aromatic nitrogens is 3. The Hall–Kier alpha value is -1.81. The minimum absolute atomic E-state index is 0. The molecule has 7 nitrogen and oxygen atoms in total. The fourth-order valence-corrected chi connectivity index (χ4v) is 3.89. The van der Waals surface area contributed by atoms with Gasteiger partial charge in [-0.05, 0) is 50.8 Å². The van der Waals surface area contributed by atoms with Gasteiger partial charge in [0.1, 0.15) is 10.6 Å². The summed E-state index contributed by atoms with van der Waals surface area (Å²) < 4.78 is 10.1. The summed E-state index contributed by atoms with van der Waals surface area (Å²) in [6.07, 6.45) is 0. The average molecular weight is 414 g/mol. The molecule has 3 aromatic rings. The molecular formula is C16H20ClN5O2S2. The molecule has 0 aliphatic heterocycles. The second-order valence-electron chi connectivity index (χ2n) is 5.78. The number of hydrogen-bond acceptors (Lipinski definition) is 8. The van der Waals surface area contributed by atoms with E-state index in [0.717, 1.165) is 34.0 Å². The Morgan fingerprint density at radius 3 is 2.65 bits per heavy atom. The third kappa shape index (κ3) is 4.29. The van der Waals surface area contributed by atoms with Gasteiger partial charge in [-0.25, -0.2) is 4.98 Å². The molecule has 2 heterocycles. The first-order valence-electron chi connectivity index (χ1n) is 7.69. The van der Waals surface area contributed by atoms with E-state index in [4.69, 9.17) is 4.74 Å². The Morgan fingerprint density at radius 1 is 1.27 bits per heavy atom. The van der Waals surface area contributed by atoms with E-state index in [1.54, 1.807) is 18.9 Å². The molecule has 3 rings (SSSR count). The molecule has 2 aromatic heterocycles. The number of hydrogen-bond donors (Lipinski definition) is 0. The Balaban J connectivity index is 0.00000243. The zero-order chi connectivity index (χ0) is 18.0. The number of amides is 1. The summed E-state index contributed by atoms with van der Waals surface area (Å²) >= 11 is 2.60. The van der Waals surface area contributed by atoms with Crippen LogP contribution < -0.4 is 9.64 Å². The van der Waals surface area contributed by atoms with E-state index in [-0.39, 0.29) is 18.3 Å². The molecular weight excluding hydrogens is 394 g/mol. The van der Waals surface area contributed by atoms with Crippen LogP contribution >= 0.6 is 35.3 Å². The van der Waals surface area contributed by atoms with Gasteiger partial charge in [-0.3, -0.25) is 9.69 Å². The third-order valence-electron chi connectivity index (χ3n) is 3.68. The Morgan fingerprint density at radius 2 is 2.04 bits per heavy atom. The topological polar surface area (TPSA) is 71.5 Å². The summed E-state index contributed by atoms with van der Waals surface area (Å²) in [5, 5.41) is 4.62. The predicted molar refractivity (Wildman–Crippen MR) is 108 cm³/mol. The maximum absolute atomic E-state index is 13.0. The van der Waals surface area contributed by atoms with Crippen LogP contribution in [-0.4, -0.2) is 59.7 Å². The number of fused-ring (bicyclic) bond motifs is 1. The van der Waals surface area contributed by atoms with Crippen molar-refractivity contribution in [3.05, 3.63) is 28.8 Å². The lowest BCUT2D eigenvalue weighted by atomic mass is 10.3. The first kappa shape index (κ1) is 20.5. The van der Waals surface area contributed by atoms with E-state index in [9.17, 15) is 4.79 Å². The summed E-state index contributed by atoms with van der Waals surface area (Å²) in [5.41, 5.74) is 1.50. The van der Waals surface area contributed by atoms with Crippen molar-refractivity contribution >= 4 is 56.5 Å². The lowest BCUT2D eigenvalue weighted by Crippen LogP contribution is -2.36. The van der Waals surface area contributed by atoms with Crippen molar-refractivity contribution in [2.45, 2.75) is 6.92 Å². The number of ether oxygens (including phenoxy) is 1. The summed E-state index contributed by atoms with van der Waals surface area (Å²) in [6.45, 7) is 3.07. The Kier molecular flexibility index (Phi) is 6.87. The largest absolute Gasteiger partial charge is 0.497 e. The molecule has 0 atom stereocenters. The van der Waals surface area contributed by atoms with E-state index in [0.29, 0.717) is 22.2 Å². The van der Waals surface area contributed by atoms with E-state index in [2.05, 4.69) is 14.6 Å². The van der Waals surface area contributed by atoms with Crippen LogP contribution in [0.15, 0.2) is 18.2 Å². The molecule has 1 aromatic carbocycles. The summed E-state index contributed by atoms with van der Waals surface area (Å²) in [4.78, 5) is 22.0. The van der Waals surface area contributed by atoms with Gasteiger partial charge in [0.2, 0.25) is 0 Å². The van der Waals surface area contributed by atoms with Crippen LogP contribution in [0.25, 0.3) is 10.2 Å². The number of carbonyl (C=O) groups excluding carboxylic acids is 1. The summed E-state index contributed by atoms with van der Waals surface area (Å²) in [7, 11) is 5.59. The van der Waals surface area contributed by atoms with Crippen LogP contribution in [0, 0.1) is 6.92 Å². The SMILES string of the molecule is COc1ccc2nc(N(CCN(C)C)C(=O)c3snnc3C)sc2c1.Cl. The quantitative estimate of drug-likeness (QED) is 0.618. The van der Waals surface area contributed by atoms with E-state index < -0.39 is 0 Å². The minimum atomic E-state index is -0.111. The van der Waals surface area contributed by atoms with Crippen LogP contribution in [0.4, 0.5) is 5.13 Å². The summed E-state index contributed by atoms with van der Waals surface area (Å²) in [6, 6.07) is 5.71. The normalized spacial score (nSPS) is 10.8. The highest BCUT2D eigenvalue weighted by molar-refractivity contribution is 7.22. The Bertz CT molecular complexity index is 896. The molecule has 10 heteroatoms. The first-order chi connectivity index (χ1) is 12.0. The van der Waals surface area contributed by atoms with Gasteiger partial charge in [-0.15, -0.1) is 17.5 Å². The average Bonchev–Trinajstić information content (AvgIpc) is 3.19. The highest BCUT2D eigenvalue weighted by atomic mass is 35.5. The number of methoxy groups -OCH3 is 1. The summed E-state index contributed by atoms with van der Waals surface area (Å²) in [5.74, 6) is 0.664. The molecule has 0 aliphatic rings. The molecule has 0 saturated carbocycles. The molecule has 0 bridgehead atoms. The second kappa shape index (κ2) is 8.72. The number of nitrogens with zero attached hydrogens (tertiary/aromatic N) is 5. The van der Waals surface area contributed by atoms with Crippen LogP contribution in [0.5, 0.6) is 5.75 Å². The monoisotopic (exact) mass is 413 g/mol. The number of aryl methyl sites for hydroxylation is 1. The molecule has 140 valence electrons. The maximum Gasteiger partial charge on any atom is 0.273 e. The van der Waals surface area contributed by atoms with Gasteiger partial charge in [-0.2, -0.15) is 0 Å². The van der Waals surface area contributed by atoms with Gasteiger partial charge in [-0.1, -0.05) is 15.8 Å². The zero-order valence-electron chi connectivity index (χ0n) is 14.9. The van der Waals surface area contributed by atoms with Crippen LogP contribution in [-0.2, 0) is 0 Å². The van der Waals surface area contributed by atoms with Crippen molar-refractivity contribution < 1.29 is 9.53 Å². The van der Waals surface area contributed by atoms with Gasteiger partial charge < -0.3 is 9.64 Å². The molecule has 0 aliphatic carbocycles. The zero-order valence-corrected chi connectivity index (χ0v) is 17.4. The highest BCUT2D eigenvalue weighted by Crippen LogP contribution is 2.32. The molecule has 0 fully saturated rings. The van der Waals surface area contributed by atoms with Crippen molar-refractivity contribution in [3.8, 4) is 5.75 Å². The van der Waals surface area contributed by atoms with Crippen molar-refractivity contribution in [1.29, 1.82) is 0 Å². The molecule has 26 heavy (non-hydrogen) atoms. The minimum Gasteiger partial charge on any atom is -0.497 e. The van der Waals surface area contributed by atoms with Crippen LogP contribution in [0.1, 0.15) is 15.4 Å². The molecule has 0 N–H and O–H groups in total. The van der Waals surface area contributed by atoms with Crippen molar-refractivity contribution in [1.82, 2.24) is 19.5 Å². The molecule has 0 unspecified atom stereocenters. The van der Waals surface area contributed by atoms with Gasteiger partial charge >= 0.3 is 0 Å². The fraction of sp³-hybridized carbons (Fsp3) is 0.375. The van der Waals surface area contributed by atoms with Gasteiger partial charge in [0, 0.05) is 13.1 Å². The lowest BCUT2D eigenvalue weighted by molar-refractivity contribution is 0.0988. The van der Waals surface area contributed by atoms with E-state index in [1.807, 2.05) is 37.2 Å². The lowest BCUT2D eigenvalue weighted by Gasteiger charge is -2.21.